The van der Waals surface area contributed by atoms with Crippen LogP contribution < -0.4 is 10.2 Å². The van der Waals surface area contributed by atoms with Crippen LogP contribution in [0.25, 0.3) is 0 Å². The maximum absolute atomic E-state index is 12.5. The number of nitrogens with zero attached hydrogens (tertiary/aromatic N) is 4. The zero-order chi connectivity index (χ0) is 17.0. The maximum Gasteiger partial charge on any atom is 0.419 e. The van der Waals surface area contributed by atoms with E-state index in [0.29, 0.717) is 32.6 Å². The van der Waals surface area contributed by atoms with Gasteiger partial charge in [0.05, 0.1) is 5.56 Å². The van der Waals surface area contributed by atoms with Crippen LogP contribution in [0.1, 0.15) is 18.9 Å². The highest BCUT2D eigenvalue weighted by atomic mass is 19.4. The van der Waals surface area contributed by atoms with Crippen molar-refractivity contribution in [2.24, 2.45) is 0 Å². The zero-order valence-corrected chi connectivity index (χ0v) is 13.1. The van der Waals surface area contributed by atoms with Gasteiger partial charge in [0.15, 0.2) is 0 Å². The number of amides is 1. The van der Waals surface area contributed by atoms with Crippen LogP contribution in [0.3, 0.4) is 0 Å². The number of piperazine rings is 1. The number of rotatable bonds is 4. The molecule has 0 aliphatic carbocycles. The Bertz CT molecular complexity index is 526. The van der Waals surface area contributed by atoms with Crippen molar-refractivity contribution in [2.45, 2.75) is 25.6 Å². The van der Waals surface area contributed by atoms with Gasteiger partial charge >= 0.3 is 6.18 Å². The van der Waals surface area contributed by atoms with Crippen LogP contribution in [-0.4, -0.2) is 60.0 Å². The number of hydrogen-bond acceptors (Lipinski definition) is 5. The van der Waals surface area contributed by atoms with E-state index in [0.717, 1.165) is 12.4 Å². The normalized spacial score (nSPS) is 17.3. The number of alkyl halides is 3. The third kappa shape index (κ3) is 4.54. The second-order valence-electron chi connectivity index (χ2n) is 5.53. The van der Waals surface area contributed by atoms with Crippen molar-refractivity contribution in [3.8, 4) is 0 Å². The first-order valence-corrected chi connectivity index (χ1v) is 7.40. The summed E-state index contributed by atoms with van der Waals surface area (Å²) in [5, 5.41) is 3.02. The molecule has 1 aromatic heterocycles. The van der Waals surface area contributed by atoms with Gasteiger partial charge in [0.25, 0.3) is 0 Å². The van der Waals surface area contributed by atoms with Gasteiger partial charge in [-0.15, -0.1) is 0 Å². The van der Waals surface area contributed by atoms with Crippen LogP contribution in [0.15, 0.2) is 12.4 Å². The largest absolute Gasteiger partial charge is 0.419 e. The highest BCUT2D eigenvalue weighted by molar-refractivity contribution is 5.77. The van der Waals surface area contributed by atoms with Gasteiger partial charge in [-0.2, -0.15) is 13.2 Å². The SMILES string of the molecule is CNC(C)CC(=O)N1CCN(c2ncc(C(F)(F)F)cn2)CC1. The summed E-state index contributed by atoms with van der Waals surface area (Å²) in [7, 11) is 1.80. The van der Waals surface area contributed by atoms with Crippen LogP contribution in [0.4, 0.5) is 19.1 Å². The molecular weight excluding hydrogens is 311 g/mol. The number of nitrogens with one attached hydrogen (secondary N) is 1. The Hall–Kier alpha value is -1.90. The molecule has 1 fully saturated rings. The predicted octanol–water partition coefficient (Wildman–Crippen LogP) is 1.14. The average Bonchev–Trinajstić information content (AvgIpc) is 2.54. The molecule has 1 N–H and O–H groups in total. The second-order valence-corrected chi connectivity index (χ2v) is 5.53. The molecule has 6 nitrogen and oxygen atoms in total. The number of anilines is 1. The second kappa shape index (κ2) is 7.12. The van der Waals surface area contributed by atoms with Crippen molar-refractivity contribution < 1.29 is 18.0 Å². The molecule has 9 heteroatoms. The molecule has 1 aliphatic rings. The Labute approximate surface area is 132 Å². The van der Waals surface area contributed by atoms with Crippen molar-refractivity contribution in [1.82, 2.24) is 20.2 Å². The molecule has 0 spiro atoms. The van der Waals surface area contributed by atoms with Gasteiger partial charge in [0, 0.05) is 51.0 Å². The third-order valence-corrected chi connectivity index (χ3v) is 3.85. The molecule has 128 valence electrons. The fourth-order valence-electron chi connectivity index (χ4n) is 2.28. The summed E-state index contributed by atoms with van der Waals surface area (Å²) < 4.78 is 37.5. The molecule has 0 bridgehead atoms. The first-order chi connectivity index (χ1) is 10.8. The van der Waals surface area contributed by atoms with Crippen LogP contribution in [-0.2, 0) is 11.0 Å². The third-order valence-electron chi connectivity index (χ3n) is 3.85. The number of carbonyl (C=O) groups excluding carboxylic acids is 1. The maximum atomic E-state index is 12.5. The van der Waals surface area contributed by atoms with Crippen LogP contribution in [0.5, 0.6) is 0 Å². The zero-order valence-electron chi connectivity index (χ0n) is 13.1. The lowest BCUT2D eigenvalue weighted by molar-refractivity contribution is -0.138. The van der Waals surface area contributed by atoms with E-state index in [2.05, 4.69) is 15.3 Å². The van der Waals surface area contributed by atoms with Gasteiger partial charge in [-0.25, -0.2) is 9.97 Å². The Balaban J connectivity index is 1.90. The minimum Gasteiger partial charge on any atom is -0.339 e. The topological polar surface area (TPSA) is 61.4 Å². The predicted molar refractivity (Wildman–Crippen MR) is 79.0 cm³/mol. The average molecular weight is 331 g/mol. The molecule has 1 aliphatic heterocycles. The fourth-order valence-corrected chi connectivity index (χ4v) is 2.28. The fraction of sp³-hybridized carbons (Fsp3) is 0.643. The summed E-state index contributed by atoms with van der Waals surface area (Å²) >= 11 is 0. The minimum atomic E-state index is -4.44. The number of aromatic nitrogens is 2. The molecule has 1 saturated heterocycles. The van der Waals surface area contributed by atoms with Gasteiger partial charge < -0.3 is 15.1 Å². The molecule has 0 saturated carbocycles. The summed E-state index contributed by atoms with van der Waals surface area (Å²) in [6.07, 6.45) is -2.44. The van der Waals surface area contributed by atoms with E-state index >= 15 is 0 Å². The minimum absolute atomic E-state index is 0.0693. The van der Waals surface area contributed by atoms with E-state index in [1.165, 1.54) is 0 Å². The molecule has 2 heterocycles. The quantitative estimate of drug-likeness (QED) is 0.897. The van der Waals surface area contributed by atoms with E-state index in [-0.39, 0.29) is 17.9 Å². The highest BCUT2D eigenvalue weighted by Gasteiger charge is 2.32. The Morgan fingerprint density at radius 2 is 1.83 bits per heavy atom. The molecule has 0 radical (unpaired) electrons. The van der Waals surface area contributed by atoms with E-state index in [4.69, 9.17) is 0 Å². The Kier molecular flexibility index (Phi) is 5.40. The molecule has 1 atom stereocenters. The molecule has 1 unspecified atom stereocenters. The van der Waals surface area contributed by atoms with E-state index in [9.17, 15) is 18.0 Å². The van der Waals surface area contributed by atoms with Crippen molar-refractivity contribution in [2.75, 3.05) is 38.1 Å². The molecule has 23 heavy (non-hydrogen) atoms. The van der Waals surface area contributed by atoms with Crippen LogP contribution in [0, 0.1) is 0 Å². The summed E-state index contributed by atoms with van der Waals surface area (Å²) in [5.41, 5.74) is -0.865. The van der Waals surface area contributed by atoms with Crippen LogP contribution in [0.2, 0.25) is 0 Å². The molecule has 0 aromatic carbocycles. The van der Waals surface area contributed by atoms with Gasteiger partial charge in [-0.05, 0) is 14.0 Å². The number of carbonyl (C=O) groups is 1. The van der Waals surface area contributed by atoms with E-state index in [1.54, 1.807) is 16.8 Å². The first kappa shape index (κ1) is 17.5. The molecule has 2 rings (SSSR count). The summed E-state index contributed by atoms with van der Waals surface area (Å²) in [6.45, 7) is 3.97. The molecular formula is C14H20F3N5O. The Morgan fingerprint density at radius 1 is 1.26 bits per heavy atom. The monoisotopic (exact) mass is 331 g/mol. The molecule has 1 amide bonds. The molecule has 1 aromatic rings. The number of hydrogen-bond donors (Lipinski definition) is 1. The van der Waals surface area contributed by atoms with Gasteiger partial charge in [-0.1, -0.05) is 0 Å². The lowest BCUT2D eigenvalue weighted by Gasteiger charge is -2.35. The van der Waals surface area contributed by atoms with Crippen molar-refractivity contribution >= 4 is 11.9 Å². The summed E-state index contributed by atoms with van der Waals surface area (Å²) in [6, 6.07) is 0.110. The highest BCUT2D eigenvalue weighted by Crippen LogP contribution is 2.28. The van der Waals surface area contributed by atoms with Crippen LogP contribution >= 0.6 is 0 Å². The van der Waals surface area contributed by atoms with E-state index < -0.39 is 11.7 Å². The standard InChI is InChI=1S/C14H20F3N5O/c1-10(18-2)7-12(23)21-3-5-22(6-4-21)13-19-8-11(9-20-13)14(15,16)17/h8-10,18H,3-7H2,1-2H3. The van der Waals surface area contributed by atoms with Gasteiger partial charge in [-0.3, -0.25) is 4.79 Å². The number of halogens is 3. The Morgan fingerprint density at radius 3 is 2.30 bits per heavy atom. The first-order valence-electron chi connectivity index (χ1n) is 7.40. The van der Waals surface area contributed by atoms with Crippen molar-refractivity contribution in [3.63, 3.8) is 0 Å². The van der Waals surface area contributed by atoms with Crippen molar-refractivity contribution in [1.29, 1.82) is 0 Å². The summed E-state index contributed by atoms with van der Waals surface area (Å²) in [5.74, 6) is 0.327. The van der Waals surface area contributed by atoms with Gasteiger partial charge in [0.1, 0.15) is 0 Å². The summed E-state index contributed by atoms with van der Waals surface area (Å²) in [4.78, 5) is 23.2. The lowest BCUT2D eigenvalue weighted by atomic mass is 10.2. The van der Waals surface area contributed by atoms with E-state index in [1.807, 2.05) is 6.92 Å². The smallest absolute Gasteiger partial charge is 0.339 e. The lowest BCUT2D eigenvalue weighted by Crippen LogP contribution is -2.50. The van der Waals surface area contributed by atoms with Gasteiger partial charge in [0.2, 0.25) is 11.9 Å². The van der Waals surface area contributed by atoms with Crippen molar-refractivity contribution in [3.05, 3.63) is 18.0 Å².